The molecule has 0 aliphatic carbocycles. The smallest absolute Gasteiger partial charge is 0.302 e. The fraction of sp³-hybridized carbons (Fsp3) is 0.583. The summed E-state index contributed by atoms with van der Waals surface area (Å²) in [6.45, 7) is 0.920. The van der Waals surface area contributed by atoms with Crippen molar-refractivity contribution in [1.29, 1.82) is 0 Å². The number of hydrogen-bond donors (Lipinski definition) is 1. The summed E-state index contributed by atoms with van der Waals surface area (Å²) in [4.78, 5) is 5.43. The molecule has 0 amide bonds. The van der Waals surface area contributed by atoms with Gasteiger partial charge in [0.15, 0.2) is 0 Å². The van der Waals surface area contributed by atoms with Crippen molar-refractivity contribution in [3.05, 3.63) is 29.0 Å². The van der Waals surface area contributed by atoms with Gasteiger partial charge >= 0.3 is 5.92 Å². The molecule has 0 unspecified atom stereocenters. The zero-order valence-corrected chi connectivity index (χ0v) is 10.7. The van der Waals surface area contributed by atoms with Gasteiger partial charge in [0.2, 0.25) is 0 Å². The Kier molecular flexibility index (Phi) is 4.14. The van der Waals surface area contributed by atoms with Gasteiger partial charge in [0, 0.05) is 12.2 Å². The van der Waals surface area contributed by atoms with E-state index in [9.17, 15) is 8.78 Å². The van der Waals surface area contributed by atoms with Crippen LogP contribution in [0, 0.1) is 0 Å². The summed E-state index contributed by atoms with van der Waals surface area (Å²) >= 11 is 5.64. The monoisotopic (exact) mass is 275 g/mol. The van der Waals surface area contributed by atoms with Gasteiger partial charge < -0.3 is 5.73 Å². The van der Waals surface area contributed by atoms with Gasteiger partial charge in [-0.05, 0) is 38.1 Å². The average molecular weight is 276 g/mol. The Hall–Kier alpha value is -0.780. The normalized spacial score (nSPS) is 19.1. The van der Waals surface area contributed by atoms with Gasteiger partial charge in [-0.2, -0.15) is 8.78 Å². The standard InChI is InChI=1S/C12H16ClF2N3/c13-9-1-2-11(17-7-9)12(14,15)8-18-5-3-10(16)4-6-18/h1-2,7,10H,3-6,8,16H2. The lowest BCUT2D eigenvalue weighted by atomic mass is 10.1. The predicted octanol–water partition coefficient (Wildman–Crippen LogP) is 2.25. The summed E-state index contributed by atoms with van der Waals surface area (Å²) in [5.41, 5.74) is 5.51. The predicted molar refractivity (Wildman–Crippen MR) is 66.8 cm³/mol. The first-order valence-corrected chi connectivity index (χ1v) is 6.33. The lowest BCUT2D eigenvalue weighted by Crippen LogP contribution is -2.44. The third-order valence-corrected chi connectivity index (χ3v) is 3.38. The number of likely N-dealkylation sites (tertiary alicyclic amines) is 1. The van der Waals surface area contributed by atoms with Gasteiger partial charge in [-0.25, -0.2) is 0 Å². The second-order valence-electron chi connectivity index (χ2n) is 4.68. The van der Waals surface area contributed by atoms with E-state index in [0.29, 0.717) is 18.1 Å². The number of halogens is 3. The number of nitrogens with two attached hydrogens (primary N) is 1. The van der Waals surface area contributed by atoms with E-state index in [1.54, 1.807) is 4.90 Å². The highest BCUT2D eigenvalue weighted by molar-refractivity contribution is 6.30. The molecule has 2 heterocycles. The zero-order chi connectivity index (χ0) is 13.2. The summed E-state index contributed by atoms with van der Waals surface area (Å²) in [5.74, 6) is -2.95. The molecule has 1 fully saturated rings. The Morgan fingerprint density at radius 1 is 1.39 bits per heavy atom. The maximum absolute atomic E-state index is 14.0. The lowest BCUT2D eigenvalue weighted by Gasteiger charge is -2.32. The summed E-state index contributed by atoms with van der Waals surface area (Å²) in [6.07, 6.45) is 2.78. The number of piperidine rings is 1. The number of nitrogens with zero attached hydrogens (tertiary/aromatic N) is 2. The molecule has 0 radical (unpaired) electrons. The lowest BCUT2D eigenvalue weighted by molar-refractivity contribution is -0.0461. The first-order valence-electron chi connectivity index (χ1n) is 5.95. The molecule has 1 saturated heterocycles. The quantitative estimate of drug-likeness (QED) is 0.920. The van der Waals surface area contributed by atoms with Crippen LogP contribution in [0.1, 0.15) is 18.5 Å². The summed E-state index contributed by atoms with van der Waals surface area (Å²) < 4.78 is 28.0. The van der Waals surface area contributed by atoms with Crippen LogP contribution in [0.25, 0.3) is 0 Å². The molecule has 1 aromatic rings. The molecule has 6 heteroatoms. The number of hydrogen-bond acceptors (Lipinski definition) is 3. The maximum atomic E-state index is 14.0. The van der Waals surface area contributed by atoms with E-state index < -0.39 is 5.92 Å². The van der Waals surface area contributed by atoms with E-state index in [1.165, 1.54) is 18.3 Å². The molecule has 2 N–H and O–H groups in total. The van der Waals surface area contributed by atoms with Crippen LogP contribution in [-0.4, -0.2) is 35.6 Å². The van der Waals surface area contributed by atoms with Crippen LogP contribution in [0.2, 0.25) is 5.02 Å². The van der Waals surface area contributed by atoms with Crippen LogP contribution in [0.4, 0.5) is 8.78 Å². The first-order chi connectivity index (χ1) is 8.47. The third kappa shape index (κ3) is 3.37. The van der Waals surface area contributed by atoms with E-state index in [0.717, 1.165) is 12.8 Å². The Balaban J connectivity index is 2.00. The minimum atomic E-state index is -2.95. The summed E-state index contributed by atoms with van der Waals surface area (Å²) in [5, 5.41) is 0.360. The second kappa shape index (κ2) is 5.47. The van der Waals surface area contributed by atoms with Crippen molar-refractivity contribution in [1.82, 2.24) is 9.88 Å². The number of rotatable bonds is 3. The van der Waals surface area contributed by atoms with Crippen molar-refractivity contribution >= 4 is 11.6 Å². The van der Waals surface area contributed by atoms with E-state index in [2.05, 4.69) is 4.98 Å². The molecule has 3 nitrogen and oxygen atoms in total. The van der Waals surface area contributed by atoms with Gasteiger partial charge in [0.05, 0.1) is 11.6 Å². The molecule has 1 aliphatic rings. The van der Waals surface area contributed by atoms with E-state index in [1.807, 2.05) is 0 Å². The molecule has 18 heavy (non-hydrogen) atoms. The van der Waals surface area contributed by atoms with Crippen molar-refractivity contribution in [2.75, 3.05) is 19.6 Å². The van der Waals surface area contributed by atoms with Gasteiger partial charge in [-0.1, -0.05) is 11.6 Å². The van der Waals surface area contributed by atoms with Crippen LogP contribution < -0.4 is 5.73 Å². The van der Waals surface area contributed by atoms with Crippen LogP contribution in [0.15, 0.2) is 18.3 Å². The highest BCUT2D eigenvalue weighted by Crippen LogP contribution is 2.28. The SMILES string of the molecule is NC1CCN(CC(F)(F)c2ccc(Cl)cn2)CC1. The van der Waals surface area contributed by atoms with Crippen molar-refractivity contribution in [2.45, 2.75) is 24.8 Å². The van der Waals surface area contributed by atoms with E-state index in [-0.39, 0.29) is 18.3 Å². The molecule has 2 rings (SSSR count). The molecule has 0 atom stereocenters. The van der Waals surface area contributed by atoms with Gasteiger partial charge in [-0.3, -0.25) is 9.88 Å². The van der Waals surface area contributed by atoms with Crippen molar-refractivity contribution in [3.63, 3.8) is 0 Å². The van der Waals surface area contributed by atoms with Crippen LogP contribution >= 0.6 is 11.6 Å². The Labute approximate surface area is 110 Å². The number of alkyl halides is 2. The fourth-order valence-corrected chi connectivity index (χ4v) is 2.18. The average Bonchev–Trinajstić information content (AvgIpc) is 2.32. The maximum Gasteiger partial charge on any atom is 0.302 e. The minimum Gasteiger partial charge on any atom is -0.328 e. The Morgan fingerprint density at radius 3 is 2.61 bits per heavy atom. The molecule has 1 aromatic heterocycles. The summed E-state index contributed by atoms with van der Waals surface area (Å²) in [6, 6.07) is 2.85. The fourth-order valence-electron chi connectivity index (χ4n) is 2.07. The topological polar surface area (TPSA) is 42.1 Å². The summed E-state index contributed by atoms with van der Waals surface area (Å²) in [7, 11) is 0. The van der Waals surface area contributed by atoms with Crippen molar-refractivity contribution in [2.24, 2.45) is 5.73 Å². The second-order valence-corrected chi connectivity index (χ2v) is 5.12. The highest BCUT2D eigenvalue weighted by Gasteiger charge is 2.36. The molecule has 100 valence electrons. The molecular formula is C12H16ClF2N3. The van der Waals surface area contributed by atoms with Gasteiger partial charge in [0.1, 0.15) is 5.69 Å². The number of pyridine rings is 1. The van der Waals surface area contributed by atoms with Crippen LogP contribution in [0.5, 0.6) is 0 Å². The third-order valence-electron chi connectivity index (χ3n) is 3.16. The molecule has 1 aliphatic heterocycles. The molecule has 0 bridgehead atoms. The Morgan fingerprint density at radius 2 is 2.06 bits per heavy atom. The van der Waals surface area contributed by atoms with Gasteiger partial charge in [0.25, 0.3) is 0 Å². The highest BCUT2D eigenvalue weighted by atomic mass is 35.5. The zero-order valence-electron chi connectivity index (χ0n) is 9.95. The van der Waals surface area contributed by atoms with Crippen molar-refractivity contribution < 1.29 is 8.78 Å². The molecule has 0 saturated carbocycles. The largest absolute Gasteiger partial charge is 0.328 e. The molecule has 0 aromatic carbocycles. The molecule has 0 spiro atoms. The van der Waals surface area contributed by atoms with E-state index >= 15 is 0 Å². The minimum absolute atomic E-state index is 0.142. The van der Waals surface area contributed by atoms with Crippen molar-refractivity contribution in [3.8, 4) is 0 Å². The molecular weight excluding hydrogens is 260 g/mol. The first kappa shape index (κ1) is 13.6. The van der Waals surface area contributed by atoms with Gasteiger partial charge in [-0.15, -0.1) is 0 Å². The van der Waals surface area contributed by atoms with E-state index in [4.69, 9.17) is 17.3 Å². The van der Waals surface area contributed by atoms with Crippen LogP contribution in [0.3, 0.4) is 0 Å². The Bertz CT molecular complexity index is 389. The number of aromatic nitrogens is 1. The van der Waals surface area contributed by atoms with Crippen LogP contribution in [-0.2, 0) is 5.92 Å².